The fourth-order valence-electron chi connectivity index (χ4n) is 2.84. The molecule has 0 saturated carbocycles. The Labute approximate surface area is 149 Å². The minimum Gasteiger partial charge on any atom is -0.473 e. The number of ether oxygens (including phenoxy) is 1. The van der Waals surface area contributed by atoms with Gasteiger partial charge in [-0.1, -0.05) is 11.3 Å². The molecule has 0 unspecified atom stereocenters. The largest absolute Gasteiger partial charge is 0.473 e. The monoisotopic (exact) mass is 365 g/mol. The molecule has 3 rings (SSSR count). The number of aryl methyl sites for hydroxylation is 1. The van der Waals surface area contributed by atoms with Crippen LogP contribution in [0.25, 0.3) is 0 Å². The number of carbonyl (C=O) groups excluding carboxylic acids is 1. The van der Waals surface area contributed by atoms with Crippen LogP contribution in [0.3, 0.4) is 0 Å². The number of likely N-dealkylation sites (tertiary alicyclic amines) is 1. The molecule has 25 heavy (non-hydrogen) atoms. The summed E-state index contributed by atoms with van der Waals surface area (Å²) in [6.07, 6.45) is 2.31. The fourth-order valence-corrected chi connectivity index (χ4v) is 3.75. The third-order valence-corrected chi connectivity index (χ3v) is 4.94. The molecular formula is C16H20FN5O2S. The van der Waals surface area contributed by atoms with Crippen LogP contribution in [0.2, 0.25) is 0 Å². The van der Waals surface area contributed by atoms with Gasteiger partial charge in [0.25, 0.3) is 0 Å². The normalized spacial score (nSPS) is 20.6. The fraction of sp³-hybridized carbons (Fsp3) is 0.500. The van der Waals surface area contributed by atoms with Crippen LogP contribution in [0.4, 0.5) is 9.52 Å². The molecule has 3 heterocycles. The van der Waals surface area contributed by atoms with Crippen molar-refractivity contribution in [3.63, 3.8) is 0 Å². The number of anilines is 1. The molecule has 1 saturated heterocycles. The molecule has 9 heteroatoms. The number of nitrogens with one attached hydrogen (secondary N) is 1. The van der Waals surface area contributed by atoms with E-state index in [1.54, 1.807) is 6.07 Å². The van der Waals surface area contributed by atoms with Crippen LogP contribution in [0.15, 0.2) is 12.4 Å². The Morgan fingerprint density at radius 2 is 2.32 bits per heavy atom. The van der Waals surface area contributed by atoms with Gasteiger partial charge in [-0.25, -0.2) is 9.97 Å². The highest BCUT2D eigenvalue weighted by molar-refractivity contribution is 7.15. The van der Waals surface area contributed by atoms with Gasteiger partial charge in [0.05, 0.1) is 4.88 Å². The zero-order valence-electron chi connectivity index (χ0n) is 14.3. The van der Waals surface area contributed by atoms with Gasteiger partial charge >= 0.3 is 0 Å². The van der Waals surface area contributed by atoms with Crippen molar-refractivity contribution in [2.75, 3.05) is 11.9 Å². The number of hydrogen-bond acceptors (Lipinski definition) is 7. The number of rotatable bonds is 5. The maximum atomic E-state index is 14.0. The van der Waals surface area contributed by atoms with Crippen LogP contribution in [0.5, 0.6) is 5.88 Å². The van der Waals surface area contributed by atoms with E-state index in [4.69, 9.17) is 4.74 Å². The van der Waals surface area contributed by atoms with Crippen LogP contribution in [0, 0.1) is 12.9 Å². The summed E-state index contributed by atoms with van der Waals surface area (Å²) in [6.45, 7) is 6.46. The Bertz CT molecular complexity index is 769. The van der Waals surface area contributed by atoms with E-state index in [0.717, 1.165) is 23.5 Å². The number of carbonyl (C=O) groups is 1. The van der Waals surface area contributed by atoms with Crippen LogP contribution < -0.4 is 10.1 Å². The molecule has 134 valence electrons. The van der Waals surface area contributed by atoms with Gasteiger partial charge in [-0.2, -0.15) is 9.37 Å². The molecule has 0 bridgehead atoms. The third-order valence-electron chi connectivity index (χ3n) is 4.01. The van der Waals surface area contributed by atoms with Crippen LogP contribution in [-0.2, 0) is 11.3 Å². The lowest BCUT2D eigenvalue weighted by molar-refractivity contribution is -0.114. The van der Waals surface area contributed by atoms with E-state index in [1.807, 2.05) is 6.92 Å². The van der Waals surface area contributed by atoms with Gasteiger partial charge < -0.3 is 10.1 Å². The van der Waals surface area contributed by atoms with Crippen molar-refractivity contribution in [3.05, 3.63) is 28.9 Å². The second-order valence-corrected chi connectivity index (χ2v) is 7.25. The number of halogens is 1. The predicted molar refractivity (Wildman–Crippen MR) is 92.0 cm³/mol. The smallest absolute Gasteiger partial charge is 0.230 e. The highest BCUT2D eigenvalue weighted by Crippen LogP contribution is 2.28. The number of thiazole rings is 1. The second kappa shape index (κ2) is 7.40. The van der Waals surface area contributed by atoms with Gasteiger partial charge in [0.15, 0.2) is 5.13 Å². The third kappa shape index (κ3) is 4.49. The van der Waals surface area contributed by atoms with Crippen molar-refractivity contribution >= 4 is 22.4 Å². The van der Waals surface area contributed by atoms with Crippen molar-refractivity contribution in [3.8, 4) is 5.88 Å². The SMILES string of the molecule is CC(=O)Nc1nc(F)c(CN2C[C@H](Oc3cc(C)ncn3)C[C@H]2C)s1. The lowest BCUT2D eigenvalue weighted by Gasteiger charge is -2.19. The van der Waals surface area contributed by atoms with E-state index < -0.39 is 5.95 Å². The summed E-state index contributed by atoms with van der Waals surface area (Å²) in [5.74, 6) is -0.233. The lowest BCUT2D eigenvalue weighted by Crippen LogP contribution is -2.28. The van der Waals surface area contributed by atoms with E-state index in [1.165, 1.54) is 13.3 Å². The van der Waals surface area contributed by atoms with Crippen molar-refractivity contribution < 1.29 is 13.9 Å². The molecule has 1 N–H and O–H groups in total. The van der Waals surface area contributed by atoms with Gasteiger partial charge in [-0.3, -0.25) is 9.69 Å². The molecule has 7 nitrogen and oxygen atoms in total. The molecule has 2 aromatic rings. The molecule has 0 spiro atoms. The van der Waals surface area contributed by atoms with Crippen LogP contribution in [-0.4, -0.2) is 44.4 Å². The standard InChI is InChI=1S/C16H20FN5O2S/c1-9-4-14(19-8-18-9)24-12-5-10(2)22(6-12)7-13-15(17)21-16(25-13)20-11(3)23/h4,8,10,12H,5-7H2,1-3H3,(H,20,21,23)/t10-,12-/m1/s1. The summed E-state index contributed by atoms with van der Waals surface area (Å²) < 4.78 is 19.9. The lowest BCUT2D eigenvalue weighted by atomic mass is 10.2. The summed E-state index contributed by atoms with van der Waals surface area (Å²) in [5.41, 5.74) is 0.852. The number of hydrogen-bond donors (Lipinski definition) is 1. The van der Waals surface area contributed by atoms with Crippen molar-refractivity contribution in [1.82, 2.24) is 19.9 Å². The zero-order chi connectivity index (χ0) is 18.0. The highest BCUT2D eigenvalue weighted by Gasteiger charge is 2.32. The molecule has 0 radical (unpaired) electrons. The molecule has 1 aliphatic heterocycles. The first kappa shape index (κ1) is 17.7. The summed E-state index contributed by atoms with van der Waals surface area (Å²) in [4.78, 5) is 25.7. The molecule has 1 aliphatic rings. The maximum Gasteiger partial charge on any atom is 0.230 e. The van der Waals surface area contributed by atoms with E-state index in [-0.39, 0.29) is 23.2 Å². The van der Waals surface area contributed by atoms with E-state index in [2.05, 4.69) is 32.1 Å². The van der Waals surface area contributed by atoms with Crippen molar-refractivity contribution in [2.24, 2.45) is 0 Å². The molecule has 0 aliphatic carbocycles. The average Bonchev–Trinajstić information content (AvgIpc) is 3.02. The van der Waals surface area contributed by atoms with E-state index in [0.29, 0.717) is 23.8 Å². The van der Waals surface area contributed by atoms with Crippen molar-refractivity contribution in [2.45, 2.75) is 45.9 Å². The van der Waals surface area contributed by atoms with Crippen molar-refractivity contribution in [1.29, 1.82) is 0 Å². The second-order valence-electron chi connectivity index (χ2n) is 6.17. The van der Waals surface area contributed by atoms with Gasteiger partial charge in [0, 0.05) is 44.2 Å². The number of amides is 1. The van der Waals surface area contributed by atoms with Gasteiger partial charge in [0.2, 0.25) is 17.7 Å². The minimum absolute atomic E-state index is 0.00454. The van der Waals surface area contributed by atoms with E-state index >= 15 is 0 Å². The van der Waals surface area contributed by atoms with Gasteiger partial charge in [-0.15, -0.1) is 0 Å². The number of aromatic nitrogens is 3. The molecule has 2 atom stereocenters. The number of nitrogens with zero attached hydrogens (tertiary/aromatic N) is 4. The molecular weight excluding hydrogens is 345 g/mol. The molecule has 2 aromatic heterocycles. The predicted octanol–water partition coefficient (Wildman–Crippen LogP) is 2.38. The Morgan fingerprint density at radius 1 is 1.52 bits per heavy atom. The minimum atomic E-state index is -0.531. The first-order valence-corrected chi connectivity index (χ1v) is 8.84. The topological polar surface area (TPSA) is 80.2 Å². The first-order valence-electron chi connectivity index (χ1n) is 8.03. The first-order chi connectivity index (χ1) is 11.9. The Hall–Kier alpha value is -2.13. The van der Waals surface area contributed by atoms with Gasteiger partial charge in [-0.05, 0) is 13.8 Å². The summed E-state index contributed by atoms with van der Waals surface area (Å²) in [7, 11) is 0. The quantitative estimate of drug-likeness (QED) is 0.876. The molecule has 1 fully saturated rings. The molecule has 0 aromatic carbocycles. The average molecular weight is 365 g/mol. The molecule has 1 amide bonds. The van der Waals surface area contributed by atoms with E-state index in [9.17, 15) is 9.18 Å². The Morgan fingerprint density at radius 3 is 3.04 bits per heavy atom. The Balaban J connectivity index is 1.62. The highest BCUT2D eigenvalue weighted by atomic mass is 32.1. The summed E-state index contributed by atoms with van der Waals surface area (Å²) in [5, 5.41) is 2.81. The van der Waals surface area contributed by atoms with Crippen LogP contribution in [0.1, 0.15) is 30.8 Å². The zero-order valence-corrected chi connectivity index (χ0v) is 15.1. The van der Waals surface area contributed by atoms with Gasteiger partial charge in [0.1, 0.15) is 12.4 Å². The Kier molecular flexibility index (Phi) is 5.24. The van der Waals surface area contributed by atoms with Crippen LogP contribution >= 0.6 is 11.3 Å². The summed E-state index contributed by atoms with van der Waals surface area (Å²) in [6, 6.07) is 2.05. The summed E-state index contributed by atoms with van der Waals surface area (Å²) >= 11 is 1.16. The maximum absolute atomic E-state index is 14.0.